The van der Waals surface area contributed by atoms with E-state index in [9.17, 15) is 15.8 Å². The molecule has 2 aliphatic rings. The van der Waals surface area contributed by atoms with Crippen LogP contribution >= 0.6 is 0 Å². The summed E-state index contributed by atoms with van der Waals surface area (Å²) < 4.78 is 11.5. The Morgan fingerprint density at radius 3 is 2.33 bits per heavy atom. The Labute approximate surface area is 123 Å². The van der Waals surface area contributed by atoms with Gasteiger partial charge in [-0.2, -0.15) is 15.8 Å². The van der Waals surface area contributed by atoms with E-state index in [0.717, 1.165) is 0 Å². The minimum atomic E-state index is -1.81. The van der Waals surface area contributed by atoms with Crippen molar-refractivity contribution in [1.82, 2.24) is 0 Å². The van der Waals surface area contributed by atoms with Gasteiger partial charge in [-0.05, 0) is 6.92 Å². The maximum atomic E-state index is 9.75. The highest BCUT2D eigenvalue weighted by Crippen LogP contribution is 2.63. The summed E-state index contributed by atoms with van der Waals surface area (Å²) >= 11 is 0. The number of ether oxygens (including phenoxy) is 2. The van der Waals surface area contributed by atoms with Crippen molar-refractivity contribution in [2.45, 2.75) is 39.1 Å². The smallest absolute Gasteiger partial charge is 0.217 e. The number of fused-ring (bicyclic) bond motifs is 2. The molecule has 2 saturated heterocycles. The maximum Gasteiger partial charge on any atom is 0.217 e. The van der Waals surface area contributed by atoms with Gasteiger partial charge in [-0.15, -0.1) is 0 Å². The third-order valence-corrected chi connectivity index (χ3v) is 4.71. The second-order valence-corrected chi connectivity index (χ2v) is 5.33. The third-order valence-electron chi connectivity index (χ3n) is 4.71. The lowest BCUT2D eigenvalue weighted by Gasteiger charge is -2.47. The van der Waals surface area contributed by atoms with Gasteiger partial charge in [-0.1, -0.05) is 26.0 Å². The van der Waals surface area contributed by atoms with Gasteiger partial charge in [0.1, 0.15) is 6.10 Å². The standard InChI is InChI=1S/C15H16N4O2/c1-4-6-11-13(7-16,8-17)14(9-18)10(3)15(5-2,20-11)21-12(14)19/h4,6,10-11,19H,5H2,1-3H3. The fourth-order valence-electron chi connectivity index (χ4n) is 3.43. The molecule has 0 saturated carbocycles. The van der Waals surface area contributed by atoms with Crippen LogP contribution in [0, 0.1) is 56.2 Å². The first-order valence-corrected chi connectivity index (χ1v) is 6.77. The molecule has 6 nitrogen and oxygen atoms in total. The Morgan fingerprint density at radius 2 is 1.90 bits per heavy atom. The predicted octanol–water partition coefficient (Wildman–Crippen LogP) is 2.25. The molecular weight excluding hydrogens is 268 g/mol. The number of allylic oxidation sites excluding steroid dienone is 1. The van der Waals surface area contributed by atoms with Crippen LogP contribution in [0.4, 0.5) is 0 Å². The Balaban J connectivity index is 2.82. The number of hydrogen-bond donors (Lipinski definition) is 1. The van der Waals surface area contributed by atoms with Crippen molar-refractivity contribution in [3.8, 4) is 18.2 Å². The molecule has 1 N–H and O–H groups in total. The lowest BCUT2D eigenvalue weighted by Crippen LogP contribution is -2.61. The van der Waals surface area contributed by atoms with Crippen molar-refractivity contribution in [3.05, 3.63) is 12.2 Å². The van der Waals surface area contributed by atoms with Crippen molar-refractivity contribution in [2.75, 3.05) is 0 Å². The molecule has 0 aliphatic carbocycles. The average molecular weight is 284 g/mol. The quantitative estimate of drug-likeness (QED) is 0.781. The molecule has 2 fully saturated rings. The molecular formula is C15H16N4O2. The van der Waals surface area contributed by atoms with Crippen LogP contribution in [-0.4, -0.2) is 17.8 Å². The van der Waals surface area contributed by atoms with Gasteiger partial charge in [-0.25, -0.2) is 0 Å². The summed E-state index contributed by atoms with van der Waals surface area (Å²) in [5.41, 5.74) is -3.44. The van der Waals surface area contributed by atoms with Crippen molar-refractivity contribution < 1.29 is 9.47 Å². The van der Waals surface area contributed by atoms with Gasteiger partial charge >= 0.3 is 0 Å². The van der Waals surface area contributed by atoms with Crippen LogP contribution < -0.4 is 0 Å². The van der Waals surface area contributed by atoms with Crippen molar-refractivity contribution in [2.24, 2.45) is 16.7 Å². The second-order valence-electron chi connectivity index (χ2n) is 5.33. The molecule has 0 radical (unpaired) electrons. The molecule has 2 heterocycles. The van der Waals surface area contributed by atoms with Crippen LogP contribution in [0.3, 0.4) is 0 Å². The topological polar surface area (TPSA) is 114 Å². The molecule has 2 aliphatic heterocycles. The predicted molar refractivity (Wildman–Crippen MR) is 72.4 cm³/mol. The molecule has 0 aromatic carbocycles. The van der Waals surface area contributed by atoms with Crippen molar-refractivity contribution in [1.29, 1.82) is 21.2 Å². The highest BCUT2D eigenvalue weighted by molar-refractivity contribution is 5.89. The highest BCUT2D eigenvalue weighted by atomic mass is 16.7. The zero-order chi connectivity index (χ0) is 15.9. The van der Waals surface area contributed by atoms with E-state index in [1.54, 1.807) is 26.0 Å². The molecule has 4 unspecified atom stereocenters. The van der Waals surface area contributed by atoms with Crippen LogP contribution in [0.1, 0.15) is 27.2 Å². The van der Waals surface area contributed by atoms with Gasteiger partial charge in [0.25, 0.3) is 0 Å². The van der Waals surface area contributed by atoms with Crippen LogP contribution in [0.2, 0.25) is 0 Å². The summed E-state index contributed by atoms with van der Waals surface area (Å²) in [6.45, 7) is 5.27. The van der Waals surface area contributed by atoms with Gasteiger partial charge in [-0.3, -0.25) is 5.41 Å². The lowest BCUT2D eigenvalue weighted by molar-refractivity contribution is -0.265. The first-order chi connectivity index (χ1) is 9.94. The van der Waals surface area contributed by atoms with E-state index < -0.39 is 28.6 Å². The Hall–Kier alpha value is -2.36. The Kier molecular flexibility index (Phi) is 3.28. The molecule has 4 atom stereocenters. The van der Waals surface area contributed by atoms with Crippen LogP contribution in [0.25, 0.3) is 0 Å². The fraction of sp³-hybridized carbons (Fsp3) is 0.600. The second kappa shape index (κ2) is 4.58. The van der Waals surface area contributed by atoms with Gasteiger partial charge in [0.05, 0.1) is 24.1 Å². The molecule has 108 valence electrons. The minimum absolute atomic E-state index is 0.352. The number of nitrogens with zero attached hydrogens (tertiary/aromatic N) is 3. The van der Waals surface area contributed by atoms with E-state index >= 15 is 0 Å². The summed E-state index contributed by atoms with van der Waals surface area (Å²) in [5, 5.41) is 37.2. The Morgan fingerprint density at radius 1 is 1.29 bits per heavy atom. The zero-order valence-electron chi connectivity index (χ0n) is 12.2. The monoisotopic (exact) mass is 284 g/mol. The number of hydrogen-bond acceptors (Lipinski definition) is 6. The summed E-state index contributed by atoms with van der Waals surface area (Å²) in [7, 11) is 0. The van der Waals surface area contributed by atoms with Gasteiger partial charge < -0.3 is 9.47 Å². The van der Waals surface area contributed by atoms with E-state index in [1.807, 2.05) is 25.1 Å². The zero-order valence-corrected chi connectivity index (χ0v) is 12.2. The molecule has 0 spiro atoms. The van der Waals surface area contributed by atoms with E-state index in [2.05, 4.69) is 0 Å². The molecule has 2 rings (SSSR count). The van der Waals surface area contributed by atoms with E-state index in [0.29, 0.717) is 6.42 Å². The lowest BCUT2D eigenvalue weighted by atomic mass is 9.54. The number of rotatable bonds is 2. The first-order valence-electron chi connectivity index (χ1n) is 6.77. The van der Waals surface area contributed by atoms with Crippen molar-refractivity contribution >= 4 is 5.90 Å². The van der Waals surface area contributed by atoms with Crippen LogP contribution in [0.5, 0.6) is 0 Å². The summed E-state index contributed by atoms with van der Waals surface area (Å²) in [5.74, 6) is -2.09. The van der Waals surface area contributed by atoms with Crippen LogP contribution in [-0.2, 0) is 9.47 Å². The van der Waals surface area contributed by atoms with Gasteiger partial charge in [0.15, 0.2) is 5.41 Å². The first kappa shape index (κ1) is 15.0. The molecule has 6 heteroatoms. The van der Waals surface area contributed by atoms with E-state index in [4.69, 9.17) is 14.9 Å². The average Bonchev–Trinajstić information content (AvgIpc) is 2.65. The van der Waals surface area contributed by atoms with E-state index in [1.165, 1.54) is 0 Å². The maximum absolute atomic E-state index is 9.75. The fourth-order valence-corrected chi connectivity index (χ4v) is 3.43. The Bertz CT molecular complexity index is 622. The summed E-state index contributed by atoms with van der Waals surface area (Å²) in [6.07, 6.45) is 2.75. The molecule has 21 heavy (non-hydrogen) atoms. The van der Waals surface area contributed by atoms with E-state index in [-0.39, 0.29) is 5.90 Å². The van der Waals surface area contributed by atoms with Gasteiger partial charge in [0, 0.05) is 6.42 Å². The number of nitriles is 3. The van der Waals surface area contributed by atoms with Gasteiger partial charge in [0.2, 0.25) is 17.1 Å². The molecule has 0 aromatic heterocycles. The SMILES string of the molecule is CC=CC1OC2(CC)OC(=N)C(C#N)(C2C)C1(C#N)C#N. The normalized spacial score (nSPS) is 40.1. The van der Waals surface area contributed by atoms with Crippen molar-refractivity contribution in [3.63, 3.8) is 0 Å². The highest BCUT2D eigenvalue weighted by Gasteiger charge is 2.78. The summed E-state index contributed by atoms with van der Waals surface area (Å²) in [4.78, 5) is 0. The summed E-state index contributed by atoms with van der Waals surface area (Å²) in [6, 6.07) is 5.93. The molecule has 0 amide bonds. The largest absolute Gasteiger partial charge is 0.447 e. The van der Waals surface area contributed by atoms with Crippen LogP contribution in [0.15, 0.2) is 12.2 Å². The molecule has 0 aromatic rings. The number of nitrogens with one attached hydrogen (secondary N) is 1. The third kappa shape index (κ3) is 1.39. The molecule has 2 bridgehead atoms. The minimum Gasteiger partial charge on any atom is -0.447 e.